The highest BCUT2D eigenvalue weighted by atomic mass is 16.6. The summed E-state index contributed by atoms with van der Waals surface area (Å²) in [6, 6.07) is 0. The highest BCUT2D eigenvalue weighted by Gasteiger charge is 2.38. The Morgan fingerprint density at radius 3 is 0.658 bits per heavy atom. The lowest BCUT2D eigenvalue weighted by molar-refractivity contribution is -0.158. The summed E-state index contributed by atoms with van der Waals surface area (Å²) < 4.78 is 43.6. The second-order valence-electron chi connectivity index (χ2n) is 26.4. The van der Waals surface area contributed by atoms with Crippen LogP contribution in [0.3, 0.4) is 0 Å². The number of rotatable bonds is 34. The van der Waals surface area contributed by atoms with Gasteiger partial charge in [0.25, 0.3) is 0 Å². The van der Waals surface area contributed by atoms with Crippen molar-refractivity contribution in [3.63, 3.8) is 0 Å². The van der Waals surface area contributed by atoms with E-state index in [0.717, 1.165) is 0 Å². The molecule has 456 valence electrons. The zero-order valence-corrected chi connectivity index (χ0v) is 51.6. The molecule has 0 rings (SSSR count). The molecule has 0 aliphatic carbocycles. The first-order valence-corrected chi connectivity index (χ1v) is 28.1. The summed E-state index contributed by atoms with van der Waals surface area (Å²) in [6.07, 6.45) is 1.98. The Morgan fingerprint density at radius 2 is 0.468 bits per heavy atom. The molecule has 20 heteroatoms. The van der Waals surface area contributed by atoms with Crippen LogP contribution in [0.2, 0.25) is 0 Å². The standard InChI is InChI=1S/C59H102N2O18/c1-52(2,3)74-44(64)27-33-58(34-28-45(65)75-53(4,5)6,35-29-46(66)76-54(7,8)9)60-42(62)25-21-19-23-39-72-50(70)41-51(71)73-40-24-20-22-26-43(63)61-59(36-30-47(67)77-55(10,11)12,37-31-48(68)78-56(13,14)15)38-32-49(69)79-57(16,17)18/h19-41H2,1-18H3,(H,60,62)(H,61,63). The lowest BCUT2D eigenvalue weighted by Crippen LogP contribution is -2.50. The molecule has 0 aromatic heterocycles. The smallest absolute Gasteiger partial charge is 0.317 e. The summed E-state index contributed by atoms with van der Waals surface area (Å²) in [5, 5.41) is 6.08. The molecule has 0 fully saturated rings. The molecule has 0 saturated heterocycles. The molecule has 2 N–H and O–H groups in total. The van der Waals surface area contributed by atoms with Crippen molar-refractivity contribution in [2.75, 3.05) is 13.2 Å². The lowest BCUT2D eigenvalue weighted by atomic mass is 9.83. The van der Waals surface area contributed by atoms with Crippen LogP contribution in [0.1, 0.15) is 259 Å². The van der Waals surface area contributed by atoms with E-state index < -0.39 is 98.9 Å². The largest absolute Gasteiger partial charge is 0.465 e. The van der Waals surface area contributed by atoms with Gasteiger partial charge < -0.3 is 48.5 Å². The third-order valence-electron chi connectivity index (χ3n) is 11.1. The van der Waals surface area contributed by atoms with Gasteiger partial charge in [0.2, 0.25) is 11.8 Å². The Kier molecular flexibility index (Phi) is 31.2. The Labute approximate surface area is 472 Å². The Hall–Kier alpha value is -5.30. The first kappa shape index (κ1) is 73.7. The minimum absolute atomic E-state index is 0.00824. The van der Waals surface area contributed by atoms with E-state index in [1.165, 1.54) is 0 Å². The average molecular weight is 1130 g/mol. The molecule has 20 nitrogen and oxygen atoms in total. The number of nitrogens with one attached hydrogen (secondary N) is 2. The fraction of sp³-hybridized carbons (Fsp3) is 0.831. The molecule has 0 atom stereocenters. The van der Waals surface area contributed by atoms with E-state index >= 15 is 0 Å². The van der Waals surface area contributed by atoms with E-state index in [0.29, 0.717) is 38.5 Å². The third kappa shape index (κ3) is 42.3. The monoisotopic (exact) mass is 1130 g/mol. The van der Waals surface area contributed by atoms with Gasteiger partial charge >= 0.3 is 47.8 Å². The molecular weight excluding hydrogens is 1020 g/mol. The van der Waals surface area contributed by atoms with Gasteiger partial charge in [0, 0.05) is 62.4 Å². The molecule has 79 heavy (non-hydrogen) atoms. The number of carbonyl (C=O) groups is 10. The molecule has 2 amide bonds. The fourth-order valence-corrected chi connectivity index (χ4v) is 7.97. The fourth-order valence-electron chi connectivity index (χ4n) is 7.97. The minimum Gasteiger partial charge on any atom is -0.465 e. The van der Waals surface area contributed by atoms with Gasteiger partial charge in [0.15, 0.2) is 0 Å². The maximum atomic E-state index is 13.5. The molecule has 0 aromatic carbocycles. The van der Waals surface area contributed by atoms with Crippen molar-refractivity contribution >= 4 is 59.6 Å². The molecular formula is C59H102N2O18. The van der Waals surface area contributed by atoms with Gasteiger partial charge in [0.05, 0.1) is 13.2 Å². The van der Waals surface area contributed by atoms with Crippen LogP contribution in [0.25, 0.3) is 0 Å². The summed E-state index contributed by atoms with van der Waals surface area (Å²) in [7, 11) is 0. The lowest BCUT2D eigenvalue weighted by Gasteiger charge is -2.36. The van der Waals surface area contributed by atoms with Crippen LogP contribution in [0.5, 0.6) is 0 Å². The average Bonchev–Trinajstić information content (AvgIpc) is 3.23. The van der Waals surface area contributed by atoms with E-state index in [-0.39, 0.29) is 115 Å². The number of unbranched alkanes of at least 4 members (excludes halogenated alkanes) is 4. The van der Waals surface area contributed by atoms with Crippen molar-refractivity contribution < 1.29 is 85.8 Å². The molecule has 0 unspecified atom stereocenters. The summed E-state index contributed by atoms with van der Waals surface area (Å²) in [6.45, 7) is 31.3. The number of ether oxygens (including phenoxy) is 8. The van der Waals surface area contributed by atoms with Crippen LogP contribution in [0.15, 0.2) is 0 Å². The summed E-state index contributed by atoms with van der Waals surface area (Å²) in [5.41, 5.74) is -6.85. The Bertz CT molecular complexity index is 1690. The van der Waals surface area contributed by atoms with Gasteiger partial charge in [-0.15, -0.1) is 0 Å². The first-order chi connectivity index (χ1) is 35.9. The maximum absolute atomic E-state index is 13.5. The molecule has 0 bridgehead atoms. The highest BCUT2D eigenvalue weighted by molar-refractivity contribution is 5.91. The molecule has 0 spiro atoms. The van der Waals surface area contributed by atoms with Crippen molar-refractivity contribution in [2.45, 2.75) is 304 Å². The van der Waals surface area contributed by atoms with E-state index in [4.69, 9.17) is 37.9 Å². The molecule has 0 aromatic rings. The number of hydrogen-bond donors (Lipinski definition) is 2. The number of carbonyl (C=O) groups excluding carboxylic acids is 10. The summed E-state index contributed by atoms with van der Waals surface area (Å²) in [5.74, 6) is -5.30. The van der Waals surface area contributed by atoms with Crippen LogP contribution in [0, 0.1) is 0 Å². The number of amides is 2. The van der Waals surface area contributed by atoms with Gasteiger partial charge in [-0.1, -0.05) is 0 Å². The normalized spacial score (nSPS) is 12.6. The maximum Gasteiger partial charge on any atom is 0.317 e. The van der Waals surface area contributed by atoms with Gasteiger partial charge in [-0.25, -0.2) is 0 Å². The summed E-state index contributed by atoms with van der Waals surface area (Å²) >= 11 is 0. The zero-order valence-electron chi connectivity index (χ0n) is 51.6. The van der Waals surface area contributed by atoms with Crippen LogP contribution in [-0.2, 0) is 85.8 Å². The predicted octanol–water partition coefficient (Wildman–Crippen LogP) is 10.0. The van der Waals surface area contributed by atoms with Crippen LogP contribution in [-0.4, -0.2) is 117 Å². The minimum atomic E-state index is -1.16. The van der Waals surface area contributed by atoms with Gasteiger partial charge in [-0.3, -0.25) is 47.9 Å². The van der Waals surface area contributed by atoms with Crippen molar-refractivity contribution in [1.29, 1.82) is 0 Å². The van der Waals surface area contributed by atoms with Crippen molar-refractivity contribution in [3.05, 3.63) is 0 Å². The molecule has 0 heterocycles. The second-order valence-corrected chi connectivity index (χ2v) is 26.4. The predicted molar refractivity (Wildman–Crippen MR) is 296 cm³/mol. The van der Waals surface area contributed by atoms with Crippen molar-refractivity contribution in [3.8, 4) is 0 Å². The second kappa shape index (κ2) is 33.5. The van der Waals surface area contributed by atoms with Gasteiger partial charge in [-0.05, 0) is 202 Å². The Morgan fingerprint density at radius 1 is 0.266 bits per heavy atom. The van der Waals surface area contributed by atoms with Crippen LogP contribution < -0.4 is 10.6 Å². The van der Waals surface area contributed by atoms with E-state index in [9.17, 15) is 47.9 Å². The molecule has 0 aliphatic heterocycles. The van der Waals surface area contributed by atoms with Crippen LogP contribution in [0.4, 0.5) is 0 Å². The van der Waals surface area contributed by atoms with Crippen LogP contribution >= 0.6 is 0 Å². The molecule has 0 saturated carbocycles. The SMILES string of the molecule is CC(C)(C)OC(=O)CCC(CCC(=O)OC(C)(C)C)(CCC(=O)OC(C)(C)C)NC(=O)CCCCCOC(=O)CC(=O)OCCCCCC(=O)NC(CCC(=O)OC(C)(C)C)(CCC(=O)OC(C)(C)C)CCC(=O)OC(C)(C)C. The highest BCUT2D eigenvalue weighted by Crippen LogP contribution is 2.31. The van der Waals surface area contributed by atoms with Crippen molar-refractivity contribution in [1.82, 2.24) is 10.6 Å². The molecule has 0 radical (unpaired) electrons. The molecule has 0 aliphatic rings. The quantitative estimate of drug-likeness (QED) is 0.0262. The van der Waals surface area contributed by atoms with E-state index in [1.54, 1.807) is 125 Å². The van der Waals surface area contributed by atoms with Gasteiger partial charge in [-0.2, -0.15) is 0 Å². The van der Waals surface area contributed by atoms with E-state index in [1.807, 2.05) is 0 Å². The Balaban J connectivity index is 5.42. The topological polar surface area (TPSA) is 269 Å². The third-order valence-corrected chi connectivity index (χ3v) is 11.1. The number of hydrogen-bond acceptors (Lipinski definition) is 18. The zero-order chi connectivity index (χ0) is 61.1. The summed E-state index contributed by atoms with van der Waals surface area (Å²) in [4.78, 5) is 129. The first-order valence-electron chi connectivity index (χ1n) is 28.1. The van der Waals surface area contributed by atoms with Gasteiger partial charge in [0.1, 0.15) is 40.0 Å². The number of esters is 8. The van der Waals surface area contributed by atoms with Crippen molar-refractivity contribution in [2.24, 2.45) is 0 Å². The van der Waals surface area contributed by atoms with E-state index in [2.05, 4.69) is 10.6 Å².